The van der Waals surface area contributed by atoms with E-state index in [4.69, 9.17) is 0 Å². The van der Waals surface area contributed by atoms with Gasteiger partial charge in [-0.15, -0.1) is 11.3 Å². The van der Waals surface area contributed by atoms with Crippen LogP contribution in [0.1, 0.15) is 39.3 Å². The average molecular weight is 368 g/mol. The Morgan fingerprint density at radius 2 is 2.08 bits per heavy atom. The van der Waals surface area contributed by atoms with Crippen molar-refractivity contribution in [1.82, 2.24) is 19.4 Å². The molecule has 26 heavy (non-hydrogen) atoms. The SMILES string of the molecule is Cc1nc(C)c(C(=O)N2CCCC(n3cnc4ccccc4c3=O)C2)s1. The monoisotopic (exact) mass is 368 g/mol. The van der Waals surface area contributed by atoms with E-state index in [1.54, 1.807) is 17.0 Å². The number of hydrogen-bond acceptors (Lipinski definition) is 5. The van der Waals surface area contributed by atoms with Gasteiger partial charge in [0.25, 0.3) is 11.5 Å². The van der Waals surface area contributed by atoms with E-state index in [0.717, 1.165) is 23.5 Å². The third kappa shape index (κ3) is 2.92. The number of aromatic nitrogens is 3. The number of fused-ring (bicyclic) bond motifs is 1. The second-order valence-electron chi connectivity index (χ2n) is 6.67. The minimum Gasteiger partial charge on any atom is -0.336 e. The van der Waals surface area contributed by atoms with E-state index in [9.17, 15) is 9.59 Å². The van der Waals surface area contributed by atoms with Crippen molar-refractivity contribution >= 4 is 28.1 Å². The van der Waals surface area contributed by atoms with Gasteiger partial charge in [-0.25, -0.2) is 9.97 Å². The standard InChI is InChI=1S/C19H20N4O2S/c1-12-17(26-13(2)21-12)19(25)22-9-5-6-14(10-22)23-11-20-16-8-4-3-7-15(16)18(23)24/h3-4,7-8,11,14H,5-6,9-10H2,1-2H3. The van der Waals surface area contributed by atoms with Crippen LogP contribution in [0.3, 0.4) is 0 Å². The summed E-state index contributed by atoms with van der Waals surface area (Å²) in [7, 11) is 0. The highest BCUT2D eigenvalue weighted by Crippen LogP contribution is 2.25. The highest BCUT2D eigenvalue weighted by molar-refractivity contribution is 7.13. The lowest BCUT2D eigenvalue weighted by Crippen LogP contribution is -2.42. The molecule has 2 aromatic heterocycles. The minimum atomic E-state index is -0.0494. The molecule has 1 aliphatic heterocycles. The van der Waals surface area contributed by atoms with E-state index < -0.39 is 0 Å². The van der Waals surface area contributed by atoms with Crippen molar-refractivity contribution in [3.8, 4) is 0 Å². The number of nitrogens with zero attached hydrogens (tertiary/aromatic N) is 4. The summed E-state index contributed by atoms with van der Waals surface area (Å²) in [4.78, 5) is 37.1. The van der Waals surface area contributed by atoms with E-state index in [-0.39, 0.29) is 17.5 Å². The minimum absolute atomic E-state index is 0.0135. The predicted octanol–water partition coefficient (Wildman–Crippen LogP) is 2.95. The Hall–Kier alpha value is -2.54. The van der Waals surface area contributed by atoms with Crippen LogP contribution in [-0.2, 0) is 0 Å². The molecule has 0 N–H and O–H groups in total. The van der Waals surface area contributed by atoms with Gasteiger partial charge in [0.15, 0.2) is 0 Å². The van der Waals surface area contributed by atoms with Crippen LogP contribution in [0, 0.1) is 13.8 Å². The van der Waals surface area contributed by atoms with Crippen LogP contribution in [0.25, 0.3) is 10.9 Å². The van der Waals surface area contributed by atoms with E-state index in [1.165, 1.54) is 11.3 Å². The molecular formula is C19H20N4O2S. The molecule has 4 rings (SSSR count). The number of hydrogen-bond donors (Lipinski definition) is 0. The van der Waals surface area contributed by atoms with Gasteiger partial charge < -0.3 is 4.90 Å². The van der Waals surface area contributed by atoms with Crippen molar-refractivity contribution in [3.05, 3.63) is 56.5 Å². The van der Waals surface area contributed by atoms with E-state index >= 15 is 0 Å². The van der Waals surface area contributed by atoms with Gasteiger partial charge in [0.2, 0.25) is 0 Å². The summed E-state index contributed by atoms with van der Waals surface area (Å²) >= 11 is 1.43. The first kappa shape index (κ1) is 16.9. The Morgan fingerprint density at radius 3 is 2.85 bits per heavy atom. The van der Waals surface area contributed by atoms with Gasteiger partial charge in [0.1, 0.15) is 4.88 Å². The number of para-hydroxylation sites is 1. The number of rotatable bonds is 2. The summed E-state index contributed by atoms with van der Waals surface area (Å²) in [6.45, 7) is 5.01. The Kier molecular flexibility index (Phi) is 4.32. The fourth-order valence-electron chi connectivity index (χ4n) is 3.58. The third-order valence-electron chi connectivity index (χ3n) is 4.87. The number of carbonyl (C=O) groups excluding carboxylic acids is 1. The largest absolute Gasteiger partial charge is 0.336 e. The second-order valence-corrected chi connectivity index (χ2v) is 7.87. The molecule has 1 saturated heterocycles. The van der Waals surface area contributed by atoms with E-state index in [2.05, 4.69) is 9.97 Å². The molecule has 0 bridgehead atoms. The molecule has 3 aromatic rings. The van der Waals surface area contributed by atoms with E-state index in [0.29, 0.717) is 28.9 Å². The Balaban J connectivity index is 1.63. The molecule has 1 aliphatic rings. The molecule has 1 atom stereocenters. The smallest absolute Gasteiger partial charge is 0.265 e. The summed E-state index contributed by atoms with van der Waals surface area (Å²) in [5.74, 6) is 0.0135. The van der Waals surface area contributed by atoms with Crippen molar-refractivity contribution in [3.63, 3.8) is 0 Å². The normalized spacial score (nSPS) is 17.6. The van der Waals surface area contributed by atoms with Crippen molar-refractivity contribution in [2.75, 3.05) is 13.1 Å². The number of carbonyl (C=O) groups is 1. The van der Waals surface area contributed by atoms with Crippen LogP contribution in [0.15, 0.2) is 35.4 Å². The molecule has 1 fully saturated rings. The van der Waals surface area contributed by atoms with Gasteiger partial charge in [-0.3, -0.25) is 14.2 Å². The molecule has 0 saturated carbocycles. The van der Waals surface area contributed by atoms with Crippen LogP contribution >= 0.6 is 11.3 Å². The topological polar surface area (TPSA) is 68.1 Å². The number of amides is 1. The summed E-state index contributed by atoms with van der Waals surface area (Å²) in [6, 6.07) is 7.32. The molecule has 0 spiro atoms. The summed E-state index contributed by atoms with van der Waals surface area (Å²) in [5, 5.41) is 1.52. The van der Waals surface area contributed by atoms with Crippen LogP contribution in [0.5, 0.6) is 0 Å². The van der Waals surface area contributed by atoms with Crippen LogP contribution in [0.2, 0.25) is 0 Å². The Morgan fingerprint density at radius 1 is 1.27 bits per heavy atom. The third-order valence-corrected chi connectivity index (χ3v) is 5.93. The first-order valence-electron chi connectivity index (χ1n) is 8.74. The zero-order valence-corrected chi connectivity index (χ0v) is 15.6. The summed E-state index contributed by atoms with van der Waals surface area (Å²) < 4.78 is 1.69. The number of aryl methyl sites for hydroxylation is 2. The van der Waals surface area contributed by atoms with Gasteiger partial charge in [0.05, 0.1) is 34.0 Å². The van der Waals surface area contributed by atoms with Crippen molar-refractivity contribution in [2.24, 2.45) is 0 Å². The molecule has 134 valence electrons. The van der Waals surface area contributed by atoms with Crippen LogP contribution in [-0.4, -0.2) is 38.4 Å². The van der Waals surface area contributed by atoms with Gasteiger partial charge >= 0.3 is 0 Å². The zero-order valence-electron chi connectivity index (χ0n) is 14.8. The van der Waals surface area contributed by atoms with Gasteiger partial charge in [0, 0.05) is 13.1 Å². The average Bonchev–Trinajstić information content (AvgIpc) is 3.00. The van der Waals surface area contributed by atoms with Crippen molar-refractivity contribution in [1.29, 1.82) is 0 Å². The molecule has 0 aliphatic carbocycles. The number of benzene rings is 1. The maximum atomic E-state index is 12.9. The molecule has 0 radical (unpaired) electrons. The summed E-state index contributed by atoms with van der Waals surface area (Å²) in [6.07, 6.45) is 3.35. The van der Waals surface area contributed by atoms with Crippen molar-refractivity contribution in [2.45, 2.75) is 32.7 Å². The fourth-order valence-corrected chi connectivity index (χ4v) is 4.47. The molecule has 1 aromatic carbocycles. The lowest BCUT2D eigenvalue weighted by Gasteiger charge is -2.33. The zero-order chi connectivity index (χ0) is 18.3. The fraction of sp³-hybridized carbons (Fsp3) is 0.368. The molecule has 3 heterocycles. The molecular weight excluding hydrogens is 348 g/mol. The molecule has 6 nitrogen and oxygen atoms in total. The maximum absolute atomic E-state index is 12.9. The summed E-state index contributed by atoms with van der Waals surface area (Å²) in [5.41, 5.74) is 1.44. The second kappa shape index (κ2) is 6.64. The van der Waals surface area contributed by atoms with Crippen LogP contribution < -0.4 is 5.56 Å². The van der Waals surface area contributed by atoms with Crippen LogP contribution in [0.4, 0.5) is 0 Å². The first-order chi connectivity index (χ1) is 12.5. The number of thiazole rings is 1. The quantitative estimate of drug-likeness (QED) is 0.697. The highest BCUT2D eigenvalue weighted by Gasteiger charge is 2.28. The van der Waals surface area contributed by atoms with Gasteiger partial charge in [-0.2, -0.15) is 0 Å². The maximum Gasteiger partial charge on any atom is 0.265 e. The predicted molar refractivity (Wildman–Crippen MR) is 102 cm³/mol. The number of likely N-dealkylation sites (tertiary alicyclic amines) is 1. The highest BCUT2D eigenvalue weighted by atomic mass is 32.1. The Labute approximate surface area is 155 Å². The molecule has 1 unspecified atom stereocenters. The van der Waals surface area contributed by atoms with Gasteiger partial charge in [-0.1, -0.05) is 12.1 Å². The molecule has 7 heteroatoms. The first-order valence-corrected chi connectivity index (χ1v) is 9.55. The number of piperidine rings is 1. The van der Waals surface area contributed by atoms with Gasteiger partial charge in [-0.05, 0) is 38.8 Å². The lowest BCUT2D eigenvalue weighted by atomic mass is 10.0. The lowest BCUT2D eigenvalue weighted by molar-refractivity contribution is 0.0681. The van der Waals surface area contributed by atoms with E-state index in [1.807, 2.05) is 36.9 Å². The molecule has 1 amide bonds. The Bertz CT molecular complexity index is 1040. The van der Waals surface area contributed by atoms with Crippen molar-refractivity contribution < 1.29 is 4.79 Å².